The molecule has 0 aromatic heterocycles. The fraction of sp³-hybridized carbons (Fsp3) is 1.00. The maximum Gasteiger partial charge on any atom is 0.0243 e. The highest BCUT2D eigenvalue weighted by Gasteiger charge is 2.28. The number of nitrogens with one attached hydrogen (secondary N) is 1. The third-order valence-electron chi connectivity index (χ3n) is 3.72. The van der Waals surface area contributed by atoms with Gasteiger partial charge in [0.1, 0.15) is 0 Å². The third kappa shape index (κ3) is 3.76. The van der Waals surface area contributed by atoms with E-state index in [-0.39, 0.29) is 0 Å². The summed E-state index contributed by atoms with van der Waals surface area (Å²) in [5.41, 5.74) is 0. The van der Waals surface area contributed by atoms with Gasteiger partial charge in [-0.2, -0.15) is 0 Å². The van der Waals surface area contributed by atoms with E-state index in [4.69, 9.17) is 0 Å². The van der Waals surface area contributed by atoms with Crippen LogP contribution in [0.4, 0.5) is 0 Å². The predicted molar refractivity (Wildman–Crippen MR) is 67.2 cm³/mol. The summed E-state index contributed by atoms with van der Waals surface area (Å²) in [4.78, 5) is 2.61. The first-order valence-corrected chi connectivity index (χ1v) is 6.59. The summed E-state index contributed by atoms with van der Waals surface area (Å²) in [5, 5.41) is 3.56. The van der Waals surface area contributed by atoms with E-state index in [1.807, 2.05) is 0 Å². The van der Waals surface area contributed by atoms with Crippen molar-refractivity contribution in [2.75, 3.05) is 20.1 Å². The van der Waals surface area contributed by atoms with Crippen molar-refractivity contribution >= 4 is 0 Å². The Labute approximate surface area is 95.4 Å². The molecule has 0 saturated heterocycles. The van der Waals surface area contributed by atoms with Crippen LogP contribution in [0.25, 0.3) is 0 Å². The van der Waals surface area contributed by atoms with Gasteiger partial charge >= 0.3 is 0 Å². The number of likely N-dealkylation sites (N-methyl/N-ethyl adjacent to an activating group) is 1. The molecule has 15 heavy (non-hydrogen) atoms. The molecule has 0 aromatic carbocycles. The Hall–Kier alpha value is -0.0800. The van der Waals surface area contributed by atoms with Crippen molar-refractivity contribution in [3.63, 3.8) is 0 Å². The first-order chi connectivity index (χ1) is 7.16. The SMILES string of the molecule is CCCNCC(C(C)C)N(C)C1CCC1. The minimum atomic E-state index is 0.710. The first kappa shape index (κ1) is 13.0. The molecule has 2 heteroatoms. The Morgan fingerprint density at radius 1 is 1.33 bits per heavy atom. The molecule has 1 rings (SSSR count). The van der Waals surface area contributed by atoms with Crippen LogP contribution in [0.2, 0.25) is 0 Å². The maximum absolute atomic E-state index is 3.56. The predicted octanol–water partition coefficient (Wildman–Crippen LogP) is 2.49. The Morgan fingerprint density at radius 2 is 2.00 bits per heavy atom. The number of nitrogens with zero attached hydrogens (tertiary/aromatic N) is 1. The van der Waals surface area contributed by atoms with Gasteiger partial charge in [0.2, 0.25) is 0 Å². The largest absolute Gasteiger partial charge is 0.315 e. The van der Waals surface area contributed by atoms with Crippen LogP contribution >= 0.6 is 0 Å². The topological polar surface area (TPSA) is 15.3 Å². The maximum atomic E-state index is 3.56. The number of hydrogen-bond donors (Lipinski definition) is 1. The van der Waals surface area contributed by atoms with Gasteiger partial charge in [-0.3, -0.25) is 4.90 Å². The van der Waals surface area contributed by atoms with Crippen LogP contribution < -0.4 is 5.32 Å². The second-order valence-electron chi connectivity index (χ2n) is 5.27. The van der Waals surface area contributed by atoms with E-state index < -0.39 is 0 Å². The van der Waals surface area contributed by atoms with Crippen molar-refractivity contribution in [1.29, 1.82) is 0 Å². The van der Waals surface area contributed by atoms with E-state index in [9.17, 15) is 0 Å². The van der Waals surface area contributed by atoms with E-state index in [1.54, 1.807) is 0 Å². The third-order valence-corrected chi connectivity index (χ3v) is 3.72. The highest BCUT2D eigenvalue weighted by Crippen LogP contribution is 2.26. The molecule has 0 bridgehead atoms. The quantitative estimate of drug-likeness (QED) is 0.652. The van der Waals surface area contributed by atoms with Crippen molar-refractivity contribution in [3.05, 3.63) is 0 Å². The first-order valence-electron chi connectivity index (χ1n) is 6.59. The van der Waals surface area contributed by atoms with Crippen LogP contribution in [-0.4, -0.2) is 37.1 Å². The molecule has 0 amide bonds. The van der Waals surface area contributed by atoms with Gasteiger partial charge in [0.15, 0.2) is 0 Å². The summed E-state index contributed by atoms with van der Waals surface area (Å²) >= 11 is 0. The van der Waals surface area contributed by atoms with Gasteiger partial charge in [-0.15, -0.1) is 0 Å². The average Bonchev–Trinajstić information content (AvgIpc) is 2.08. The molecule has 1 atom stereocenters. The fourth-order valence-electron chi connectivity index (χ4n) is 2.34. The molecule has 0 heterocycles. The van der Waals surface area contributed by atoms with Gasteiger partial charge in [0.25, 0.3) is 0 Å². The lowest BCUT2D eigenvalue weighted by Crippen LogP contribution is -2.50. The van der Waals surface area contributed by atoms with Gasteiger partial charge in [-0.05, 0) is 38.8 Å². The molecule has 0 radical (unpaired) electrons. The Kier molecular flexibility index (Phi) is 5.62. The molecule has 1 saturated carbocycles. The highest BCUT2D eigenvalue weighted by atomic mass is 15.2. The second-order valence-corrected chi connectivity index (χ2v) is 5.27. The molecule has 1 aliphatic carbocycles. The zero-order valence-corrected chi connectivity index (χ0v) is 10.9. The van der Waals surface area contributed by atoms with Crippen LogP contribution in [0, 0.1) is 5.92 Å². The van der Waals surface area contributed by atoms with Crippen molar-refractivity contribution in [3.8, 4) is 0 Å². The molecule has 1 aliphatic rings. The number of rotatable bonds is 7. The Balaban J connectivity index is 2.34. The van der Waals surface area contributed by atoms with E-state index in [2.05, 4.69) is 38.0 Å². The standard InChI is InChI=1S/C13H28N2/c1-5-9-14-10-13(11(2)3)15(4)12-7-6-8-12/h11-14H,5-10H2,1-4H3. The molecule has 1 unspecified atom stereocenters. The van der Waals surface area contributed by atoms with Gasteiger partial charge < -0.3 is 5.32 Å². The molecule has 0 aromatic rings. The minimum Gasteiger partial charge on any atom is -0.315 e. The van der Waals surface area contributed by atoms with Crippen molar-refractivity contribution < 1.29 is 0 Å². The van der Waals surface area contributed by atoms with Crippen LogP contribution in [0.5, 0.6) is 0 Å². The average molecular weight is 212 g/mol. The lowest BCUT2D eigenvalue weighted by molar-refractivity contribution is 0.0840. The van der Waals surface area contributed by atoms with Crippen molar-refractivity contribution in [1.82, 2.24) is 10.2 Å². The van der Waals surface area contributed by atoms with Crippen molar-refractivity contribution in [2.24, 2.45) is 5.92 Å². The Morgan fingerprint density at radius 3 is 2.40 bits per heavy atom. The molecule has 1 N–H and O–H groups in total. The van der Waals surface area contributed by atoms with Gasteiger partial charge in [-0.1, -0.05) is 27.2 Å². The molecule has 2 nitrogen and oxygen atoms in total. The minimum absolute atomic E-state index is 0.710. The van der Waals surface area contributed by atoms with Crippen molar-refractivity contribution in [2.45, 2.75) is 58.5 Å². The molecule has 1 fully saturated rings. The van der Waals surface area contributed by atoms with E-state index in [0.29, 0.717) is 6.04 Å². The summed E-state index contributed by atoms with van der Waals surface area (Å²) in [6, 6.07) is 1.57. The lowest BCUT2D eigenvalue weighted by Gasteiger charge is -2.42. The molecule has 90 valence electrons. The van der Waals surface area contributed by atoms with Gasteiger partial charge in [-0.25, -0.2) is 0 Å². The van der Waals surface area contributed by atoms with Crippen LogP contribution in [0.3, 0.4) is 0 Å². The summed E-state index contributed by atoms with van der Waals surface area (Å²) in [7, 11) is 2.31. The van der Waals surface area contributed by atoms with Gasteiger partial charge in [0.05, 0.1) is 0 Å². The summed E-state index contributed by atoms with van der Waals surface area (Å²) < 4.78 is 0. The monoisotopic (exact) mass is 212 g/mol. The molecular weight excluding hydrogens is 184 g/mol. The zero-order valence-electron chi connectivity index (χ0n) is 10.9. The lowest BCUT2D eigenvalue weighted by atomic mass is 9.89. The highest BCUT2D eigenvalue weighted by molar-refractivity contribution is 4.85. The fourth-order valence-corrected chi connectivity index (χ4v) is 2.34. The molecular formula is C13H28N2. The van der Waals surface area contributed by atoms with E-state index >= 15 is 0 Å². The summed E-state index contributed by atoms with van der Waals surface area (Å²) in [5.74, 6) is 0.750. The molecule has 0 spiro atoms. The van der Waals surface area contributed by atoms with Crippen LogP contribution in [-0.2, 0) is 0 Å². The second kappa shape index (κ2) is 6.49. The Bertz CT molecular complexity index is 164. The van der Waals surface area contributed by atoms with Crippen LogP contribution in [0.1, 0.15) is 46.5 Å². The summed E-state index contributed by atoms with van der Waals surface area (Å²) in [6.07, 6.45) is 5.49. The van der Waals surface area contributed by atoms with E-state index in [0.717, 1.165) is 25.0 Å². The van der Waals surface area contributed by atoms with Crippen LogP contribution in [0.15, 0.2) is 0 Å². The molecule has 0 aliphatic heterocycles. The number of hydrogen-bond acceptors (Lipinski definition) is 2. The van der Waals surface area contributed by atoms with Gasteiger partial charge in [0, 0.05) is 18.6 Å². The summed E-state index contributed by atoms with van der Waals surface area (Å²) in [6.45, 7) is 9.22. The smallest absolute Gasteiger partial charge is 0.0243 e. The normalized spacial score (nSPS) is 19.6. The van der Waals surface area contributed by atoms with E-state index in [1.165, 1.54) is 25.7 Å². The zero-order chi connectivity index (χ0) is 11.3.